The Morgan fingerprint density at radius 2 is 1.69 bits per heavy atom. The summed E-state index contributed by atoms with van der Waals surface area (Å²) >= 11 is 0. The Labute approximate surface area is 148 Å². The van der Waals surface area contributed by atoms with Crippen LogP contribution in [0.5, 0.6) is 0 Å². The van der Waals surface area contributed by atoms with E-state index in [0.29, 0.717) is 31.6 Å². The fourth-order valence-corrected chi connectivity index (χ4v) is 3.11. The van der Waals surface area contributed by atoms with Crippen LogP contribution in [-0.4, -0.2) is 23.9 Å². The SMILES string of the molecule is O=C(Nc1c(F)cccc1F)C1CCN(c2ccccc2[N+](=O)[O-])CC1. The summed E-state index contributed by atoms with van der Waals surface area (Å²) in [4.78, 5) is 24.9. The zero-order valence-corrected chi connectivity index (χ0v) is 13.8. The van der Waals surface area contributed by atoms with Crippen molar-refractivity contribution in [3.8, 4) is 0 Å². The standard InChI is InChI=1S/C18H17F2N3O3/c19-13-4-3-5-14(20)17(13)21-18(24)12-8-10-22(11-9-12)15-6-1-2-7-16(15)23(25)26/h1-7,12H,8-11H2,(H,21,24). The highest BCUT2D eigenvalue weighted by Gasteiger charge is 2.28. The molecule has 0 saturated carbocycles. The van der Waals surface area contributed by atoms with Crippen LogP contribution < -0.4 is 10.2 Å². The van der Waals surface area contributed by atoms with Crippen molar-refractivity contribution in [3.63, 3.8) is 0 Å². The van der Waals surface area contributed by atoms with Crippen LogP contribution >= 0.6 is 0 Å². The molecule has 0 atom stereocenters. The maximum atomic E-state index is 13.7. The predicted octanol–water partition coefficient (Wildman–Crippen LogP) is 3.73. The largest absolute Gasteiger partial charge is 0.366 e. The number of carbonyl (C=O) groups excluding carboxylic acids is 1. The van der Waals surface area contributed by atoms with Crippen LogP contribution in [0.15, 0.2) is 42.5 Å². The molecule has 0 spiro atoms. The maximum absolute atomic E-state index is 13.7. The number of benzene rings is 2. The minimum Gasteiger partial charge on any atom is -0.366 e. The van der Waals surface area contributed by atoms with E-state index >= 15 is 0 Å². The fraction of sp³-hybridized carbons (Fsp3) is 0.278. The normalized spacial score (nSPS) is 14.9. The molecule has 0 bridgehead atoms. The molecule has 6 nitrogen and oxygen atoms in total. The van der Waals surface area contributed by atoms with Gasteiger partial charge >= 0.3 is 0 Å². The van der Waals surface area contributed by atoms with Crippen LogP contribution in [0.2, 0.25) is 0 Å². The minimum absolute atomic E-state index is 0.0174. The number of nitro groups is 1. The van der Waals surface area contributed by atoms with Crippen LogP contribution in [0.3, 0.4) is 0 Å². The van der Waals surface area contributed by atoms with Gasteiger partial charge in [0.25, 0.3) is 5.69 Å². The molecule has 0 unspecified atom stereocenters. The maximum Gasteiger partial charge on any atom is 0.292 e. The van der Waals surface area contributed by atoms with Crippen molar-refractivity contribution < 1.29 is 18.5 Å². The second-order valence-electron chi connectivity index (χ2n) is 6.09. The van der Waals surface area contributed by atoms with E-state index in [1.807, 2.05) is 4.90 Å². The second kappa shape index (κ2) is 7.47. The molecule has 8 heteroatoms. The number of carbonyl (C=O) groups is 1. The van der Waals surface area contributed by atoms with Gasteiger partial charge in [-0.1, -0.05) is 18.2 Å². The van der Waals surface area contributed by atoms with Crippen molar-refractivity contribution in [2.45, 2.75) is 12.8 Å². The lowest BCUT2D eigenvalue weighted by Gasteiger charge is -2.32. The zero-order valence-electron chi connectivity index (χ0n) is 13.8. The van der Waals surface area contributed by atoms with Crippen molar-refractivity contribution >= 4 is 23.0 Å². The quantitative estimate of drug-likeness (QED) is 0.665. The fourth-order valence-electron chi connectivity index (χ4n) is 3.11. The van der Waals surface area contributed by atoms with Crippen LogP contribution in [-0.2, 0) is 4.79 Å². The van der Waals surface area contributed by atoms with E-state index in [-0.39, 0.29) is 5.69 Å². The van der Waals surface area contributed by atoms with Gasteiger partial charge < -0.3 is 10.2 Å². The molecule has 1 aliphatic rings. The number of hydrogen-bond donors (Lipinski definition) is 1. The Kier molecular flexibility index (Phi) is 5.11. The van der Waals surface area contributed by atoms with Gasteiger partial charge in [0.15, 0.2) is 0 Å². The van der Waals surface area contributed by atoms with E-state index in [0.717, 1.165) is 12.1 Å². The van der Waals surface area contributed by atoms with Crippen LogP contribution in [0.4, 0.5) is 25.8 Å². The molecule has 3 rings (SSSR count). The number of nitrogens with zero attached hydrogens (tertiary/aromatic N) is 2. The highest BCUT2D eigenvalue weighted by molar-refractivity contribution is 5.93. The first kappa shape index (κ1) is 17.8. The van der Waals surface area contributed by atoms with Gasteiger partial charge in [0, 0.05) is 25.1 Å². The summed E-state index contributed by atoms with van der Waals surface area (Å²) in [7, 11) is 0. The number of para-hydroxylation sites is 3. The summed E-state index contributed by atoms with van der Waals surface area (Å²) in [5.74, 6) is -2.50. The first-order valence-electron chi connectivity index (χ1n) is 8.20. The summed E-state index contributed by atoms with van der Waals surface area (Å²) in [6.45, 7) is 0.894. The van der Waals surface area contributed by atoms with Gasteiger partial charge in [0.1, 0.15) is 23.0 Å². The average molecular weight is 361 g/mol. The van der Waals surface area contributed by atoms with Gasteiger partial charge in [0.05, 0.1) is 4.92 Å². The summed E-state index contributed by atoms with van der Waals surface area (Å²) < 4.78 is 27.3. The molecule has 2 aromatic rings. The predicted molar refractivity (Wildman–Crippen MR) is 93.0 cm³/mol. The molecular weight excluding hydrogens is 344 g/mol. The topological polar surface area (TPSA) is 75.5 Å². The summed E-state index contributed by atoms with van der Waals surface area (Å²) in [6, 6.07) is 9.83. The number of nitro benzene ring substituents is 1. The van der Waals surface area contributed by atoms with E-state index in [1.165, 1.54) is 12.1 Å². The van der Waals surface area contributed by atoms with Gasteiger partial charge in [-0.15, -0.1) is 0 Å². The Hall–Kier alpha value is -3.03. The minimum atomic E-state index is -0.823. The van der Waals surface area contributed by atoms with E-state index in [2.05, 4.69) is 5.32 Å². The third-order valence-electron chi connectivity index (χ3n) is 4.50. The molecule has 1 heterocycles. The molecule has 1 N–H and O–H groups in total. The lowest BCUT2D eigenvalue weighted by molar-refractivity contribution is -0.384. The van der Waals surface area contributed by atoms with E-state index < -0.39 is 34.1 Å². The first-order valence-corrected chi connectivity index (χ1v) is 8.20. The zero-order chi connectivity index (χ0) is 18.7. The third kappa shape index (κ3) is 3.63. The molecule has 0 radical (unpaired) electrons. The molecule has 0 aromatic heterocycles. The van der Waals surface area contributed by atoms with Crippen molar-refractivity contribution in [2.75, 3.05) is 23.3 Å². The number of piperidine rings is 1. The molecule has 1 amide bonds. The number of hydrogen-bond acceptors (Lipinski definition) is 4. The number of nitrogens with one attached hydrogen (secondary N) is 1. The number of amides is 1. The third-order valence-corrected chi connectivity index (χ3v) is 4.50. The van der Waals surface area contributed by atoms with E-state index in [1.54, 1.807) is 18.2 Å². The first-order chi connectivity index (χ1) is 12.5. The van der Waals surface area contributed by atoms with Gasteiger partial charge in [-0.2, -0.15) is 0 Å². The molecule has 26 heavy (non-hydrogen) atoms. The summed E-state index contributed by atoms with van der Waals surface area (Å²) in [5.41, 5.74) is 0.0824. The molecule has 1 fully saturated rings. The van der Waals surface area contributed by atoms with Gasteiger partial charge in [-0.05, 0) is 31.0 Å². The van der Waals surface area contributed by atoms with Gasteiger partial charge in [-0.3, -0.25) is 14.9 Å². The number of rotatable bonds is 4. The van der Waals surface area contributed by atoms with Crippen molar-refractivity contribution in [1.82, 2.24) is 0 Å². The van der Waals surface area contributed by atoms with Gasteiger partial charge in [-0.25, -0.2) is 8.78 Å². The Morgan fingerprint density at radius 3 is 2.31 bits per heavy atom. The van der Waals surface area contributed by atoms with Crippen LogP contribution in [0.1, 0.15) is 12.8 Å². The second-order valence-corrected chi connectivity index (χ2v) is 6.09. The Morgan fingerprint density at radius 1 is 1.08 bits per heavy atom. The number of halogens is 2. The highest BCUT2D eigenvalue weighted by Crippen LogP contribution is 2.31. The Bertz CT molecular complexity index is 816. The molecule has 0 aliphatic carbocycles. The van der Waals surface area contributed by atoms with Crippen LogP contribution in [0, 0.1) is 27.7 Å². The van der Waals surface area contributed by atoms with E-state index in [4.69, 9.17) is 0 Å². The Balaban J connectivity index is 1.65. The number of anilines is 2. The summed E-state index contributed by atoms with van der Waals surface area (Å²) in [5, 5.41) is 13.5. The lowest BCUT2D eigenvalue weighted by atomic mass is 9.95. The molecule has 1 saturated heterocycles. The highest BCUT2D eigenvalue weighted by atomic mass is 19.1. The van der Waals surface area contributed by atoms with E-state index in [9.17, 15) is 23.7 Å². The smallest absolute Gasteiger partial charge is 0.292 e. The van der Waals surface area contributed by atoms with Crippen molar-refractivity contribution in [2.24, 2.45) is 5.92 Å². The van der Waals surface area contributed by atoms with Gasteiger partial charge in [0.2, 0.25) is 5.91 Å². The monoisotopic (exact) mass is 361 g/mol. The molecule has 1 aliphatic heterocycles. The lowest BCUT2D eigenvalue weighted by Crippen LogP contribution is -2.38. The van der Waals surface area contributed by atoms with Crippen molar-refractivity contribution in [3.05, 3.63) is 64.2 Å². The molecule has 2 aromatic carbocycles. The van der Waals surface area contributed by atoms with Crippen LogP contribution in [0.25, 0.3) is 0 Å². The average Bonchev–Trinajstić information content (AvgIpc) is 2.65. The molecular formula is C18H17F2N3O3. The van der Waals surface area contributed by atoms with Crippen molar-refractivity contribution in [1.29, 1.82) is 0 Å². The summed E-state index contributed by atoms with van der Waals surface area (Å²) in [6.07, 6.45) is 0.877. The molecule has 136 valence electrons.